The van der Waals surface area contributed by atoms with Gasteiger partial charge >= 0.3 is 0 Å². The van der Waals surface area contributed by atoms with Crippen molar-refractivity contribution in [2.75, 3.05) is 0 Å². The summed E-state index contributed by atoms with van der Waals surface area (Å²) < 4.78 is 6.07. The second-order valence-electron chi connectivity index (χ2n) is 5.97. The molecule has 0 N–H and O–H groups in total. The molecule has 1 rings (SSSR count). The van der Waals surface area contributed by atoms with E-state index < -0.39 is 0 Å². The van der Waals surface area contributed by atoms with Crippen LogP contribution in [0.15, 0.2) is 0 Å². The minimum atomic E-state index is 0.397. The zero-order chi connectivity index (χ0) is 10.6. The van der Waals surface area contributed by atoms with Crippen molar-refractivity contribution in [3.63, 3.8) is 0 Å². The van der Waals surface area contributed by atoms with E-state index in [9.17, 15) is 0 Å². The van der Waals surface area contributed by atoms with Gasteiger partial charge in [0.1, 0.15) is 0 Å². The third kappa shape index (κ3) is 4.99. The van der Waals surface area contributed by atoms with Gasteiger partial charge in [-0.15, -0.1) is 0 Å². The molecular formula is C13H26O. The lowest BCUT2D eigenvalue weighted by Gasteiger charge is -2.29. The maximum absolute atomic E-state index is 6.07. The summed E-state index contributed by atoms with van der Waals surface area (Å²) >= 11 is 0. The molecule has 0 spiro atoms. The van der Waals surface area contributed by atoms with Crippen molar-refractivity contribution >= 4 is 0 Å². The SMILES string of the molecule is CC(CC(C)(C)C)OC1CCCCC1. The molecule has 14 heavy (non-hydrogen) atoms. The number of hydrogen-bond acceptors (Lipinski definition) is 1. The minimum Gasteiger partial charge on any atom is -0.375 e. The average Bonchev–Trinajstić information content (AvgIpc) is 2.02. The molecule has 0 aromatic heterocycles. The summed E-state index contributed by atoms with van der Waals surface area (Å²) in [4.78, 5) is 0. The van der Waals surface area contributed by atoms with Gasteiger partial charge in [0, 0.05) is 0 Å². The Morgan fingerprint density at radius 3 is 2.21 bits per heavy atom. The van der Waals surface area contributed by atoms with Crippen LogP contribution in [0.3, 0.4) is 0 Å². The fraction of sp³-hybridized carbons (Fsp3) is 1.00. The lowest BCUT2D eigenvalue weighted by atomic mass is 9.89. The van der Waals surface area contributed by atoms with Crippen molar-refractivity contribution in [3.8, 4) is 0 Å². The smallest absolute Gasteiger partial charge is 0.0578 e. The number of ether oxygens (including phenoxy) is 1. The van der Waals surface area contributed by atoms with E-state index in [1.807, 2.05) is 0 Å². The largest absolute Gasteiger partial charge is 0.375 e. The predicted octanol–water partition coefficient (Wildman–Crippen LogP) is 4.16. The van der Waals surface area contributed by atoms with Crippen LogP contribution in [-0.2, 0) is 4.74 Å². The highest BCUT2D eigenvalue weighted by Crippen LogP contribution is 2.26. The highest BCUT2D eigenvalue weighted by molar-refractivity contribution is 4.70. The molecule has 84 valence electrons. The van der Waals surface area contributed by atoms with Crippen LogP contribution >= 0.6 is 0 Å². The summed E-state index contributed by atoms with van der Waals surface area (Å²) in [7, 11) is 0. The Balaban J connectivity index is 2.21. The lowest BCUT2D eigenvalue weighted by molar-refractivity contribution is -0.0366. The van der Waals surface area contributed by atoms with Crippen LogP contribution < -0.4 is 0 Å². The monoisotopic (exact) mass is 198 g/mol. The molecule has 0 aliphatic heterocycles. The zero-order valence-electron chi connectivity index (χ0n) is 10.3. The van der Waals surface area contributed by atoms with E-state index in [1.54, 1.807) is 0 Å². The Morgan fingerprint density at radius 2 is 1.71 bits per heavy atom. The second-order valence-corrected chi connectivity index (χ2v) is 5.97. The highest BCUT2D eigenvalue weighted by Gasteiger charge is 2.20. The predicted molar refractivity (Wildman–Crippen MR) is 61.5 cm³/mol. The Morgan fingerprint density at radius 1 is 1.14 bits per heavy atom. The van der Waals surface area contributed by atoms with Crippen molar-refractivity contribution in [1.82, 2.24) is 0 Å². The van der Waals surface area contributed by atoms with E-state index in [0.29, 0.717) is 17.6 Å². The van der Waals surface area contributed by atoms with Crippen molar-refractivity contribution in [2.45, 2.75) is 78.4 Å². The molecule has 1 atom stereocenters. The molecule has 0 saturated heterocycles. The van der Waals surface area contributed by atoms with Gasteiger partial charge in [-0.1, -0.05) is 40.0 Å². The molecule has 0 aromatic carbocycles. The molecule has 1 aliphatic carbocycles. The summed E-state index contributed by atoms with van der Waals surface area (Å²) in [5.74, 6) is 0. The van der Waals surface area contributed by atoms with E-state index in [4.69, 9.17) is 4.74 Å². The maximum Gasteiger partial charge on any atom is 0.0578 e. The summed E-state index contributed by atoms with van der Waals surface area (Å²) in [5, 5.41) is 0. The van der Waals surface area contributed by atoms with Crippen LogP contribution in [0.2, 0.25) is 0 Å². The standard InChI is InChI=1S/C13H26O/c1-11(10-13(2,3)4)14-12-8-6-5-7-9-12/h11-12H,5-10H2,1-4H3. The third-order valence-corrected chi connectivity index (χ3v) is 2.88. The van der Waals surface area contributed by atoms with Gasteiger partial charge in [0.2, 0.25) is 0 Å². The Kier molecular flexibility index (Phi) is 4.43. The molecule has 1 saturated carbocycles. The second kappa shape index (κ2) is 5.16. The van der Waals surface area contributed by atoms with E-state index in [2.05, 4.69) is 27.7 Å². The van der Waals surface area contributed by atoms with E-state index in [-0.39, 0.29) is 0 Å². The first-order valence-corrected chi connectivity index (χ1v) is 6.13. The van der Waals surface area contributed by atoms with Crippen molar-refractivity contribution in [1.29, 1.82) is 0 Å². The van der Waals surface area contributed by atoms with Crippen molar-refractivity contribution in [2.24, 2.45) is 5.41 Å². The van der Waals surface area contributed by atoms with Gasteiger partial charge in [-0.05, 0) is 31.6 Å². The Labute approximate surface area is 89.2 Å². The van der Waals surface area contributed by atoms with Crippen LogP contribution in [0.4, 0.5) is 0 Å². The number of hydrogen-bond donors (Lipinski definition) is 0. The van der Waals surface area contributed by atoms with Crippen LogP contribution in [0.5, 0.6) is 0 Å². The molecule has 0 bridgehead atoms. The summed E-state index contributed by atoms with van der Waals surface area (Å²) in [6.07, 6.45) is 8.87. The molecule has 0 radical (unpaired) electrons. The molecule has 1 nitrogen and oxygen atoms in total. The van der Waals surface area contributed by atoms with Gasteiger partial charge in [-0.25, -0.2) is 0 Å². The van der Waals surface area contributed by atoms with Crippen LogP contribution in [0.25, 0.3) is 0 Å². The first-order valence-electron chi connectivity index (χ1n) is 6.13. The average molecular weight is 198 g/mol. The normalized spacial score (nSPS) is 22.3. The van der Waals surface area contributed by atoms with Gasteiger partial charge in [-0.2, -0.15) is 0 Å². The van der Waals surface area contributed by atoms with E-state index >= 15 is 0 Å². The van der Waals surface area contributed by atoms with Crippen molar-refractivity contribution < 1.29 is 4.74 Å². The molecular weight excluding hydrogens is 172 g/mol. The first kappa shape index (κ1) is 12.0. The molecule has 1 aliphatic rings. The summed E-state index contributed by atoms with van der Waals surface area (Å²) in [6, 6.07) is 0. The molecule has 0 heterocycles. The topological polar surface area (TPSA) is 9.23 Å². The maximum atomic E-state index is 6.07. The molecule has 1 fully saturated rings. The van der Waals surface area contributed by atoms with Gasteiger partial charge in [0.05, 0.1) is 12.2 Å². The number of rotatable bonds is 3. The minimum absolute atomic E-state index is 0.397. The summed E-state index contributed by atoms with van der Waals surface area (Å²) in [6.45, 7) is 9.08. The quantitative estimate of drug-likeness (QED) is 0.661. The van der Waals surface area contributed by atoms with Crippen LogP contribution in [0, 0.1) is 5.41 Å². The first-order chi connectivity index (χ1) is 6.47. The molecule has 0 amide bonds. The third-order valence-electron chi connectivity index (χ3n) is 2.88. The summed E-state index contributed by atoms with van der Waals surface area (Å²) in [5.41, 5.74) is 0.397. The Hall–Kier alpha value is -0.0400. The Bertz CT molecular complexity index is 151. The highest BCUT2D eigenvalue weighted by atomic mass is 16.5. The lowest BCUT2D eigenvalue weighted by Crippen LogP contribution is -2.25. The molecule has 1 unspecified atom stereocenters. The molecule has 0 aromatic rings. The molecule has 1 heteroatoms. The van der Waals surface area contributed by atoms with Gasteiger partial charge in [0.15, 0.2) is 0 Å². The van der Waals surface area contributed by atoms with Gasteiger partial charge < -0.3 is 4.74 Å². The zero-order valence-corrected chi connectivity index (χ0v) is 10.3. The van der Waals surface area contributed by atoms with E-state index in [1.165, 1.54) is 38.5 Å². The van der Waals surface area contributed by atoms with Gasteiger partial charge in [0.25, 0.3) is 0 Å². The van der Waals surface area contributed by atoms with Gasteiger partial charge in [-0.3, -0.25) is 0 Å². The van der Waals surface area contributed by atoms with Crippen LogP contribution in [0.1, 0.15) is 66.2 Å². The fourth-order valence-electron chi connectivity index (χ4n) is 2.44. The fourth-order valence-corrected chi connectivity index (χ4v) is 2.44. The van der Waals surface area contributed by atoms with E-state index in [0.717, 1.165) is 0 Å². The van der Waals surface area contributed by atoms with Crippen molar-refractivity contribution in [3.05, 3.63) is 0 Å². The van der Waals surface area contributed by atoms with Crippen LogP contribution in [-0.4, -0.2) is 12.2 Å².